The molecule has 0 saturated carbocycles. The smallest absolute Gasteiger partial charge is 0.268 e. The van der Waals surface area contributed by atoms with Gasteiger partial charge >= 0.3 is 0 Å². The maximum Gasteiger partial charge on any atom is 0.268 e. The molecule has 0 aliphatic rings. The van der Waals surface area contributed by atoms with E-state index in [1.807, 2.05) is 11.4 Å². The lowest BCUT2D eigenvalue weighted by atomic mass is 10.3. The van der Waals surface area contributed by atoms with Crippen LogP contribution in [0.25, 0.3) is 10.8 Å². The average molecular weight is 324 g/mol. The van der Waals surface area contributed by atoms with Gasteiger partial charge in [-0.05, 0) is 23.6 Å². The number of aromatic nitrogens is 2. The van der Waals surface area contributed by atoms with Gasteiger partial charge in [0.2, 0.25) is 0 Å². The summed E-state index contributed by atoms with van der Waals surface area (Å²) in [6.45, 7) is 0. The normalized spacial score (nSPS) is 11.7. The number of rotatable bonds is 4. The van der Waals surface area contributed by atoms with Crippen LogP contribution in [-0.4, -0.2) is 18.6 Å². The van der Waals surface area contributed by atoms with Crippen LogP contribution in [0, 0.1) is 5.82 Å². The lowest BCUT2D eigenvalue weighted by Crippen LogP contribution is -2.08. The summed E-state index contributed by atoms with van der Waals surface area (Å²) in [5.74, 6) is -1.05. The first kappa shape index (κ1) is 13.9. The van der Waals surface area contributed by atoms with Crippen LogP contribution in [0.4, 0.5) is 4.39 Å². The van der Waals surface area contributed by atoms with Crippen molar-refractivity contribution in [3.8, 4) is 10.8 Å². The van der Waals surface area contributed by atoms with Crippen LogP contribution >= 0.6 is 11.3 Å². The summed E-state index contributed by atoms with van der Waals surface area (Å²) in [5, 5.41) is 5.47. The highest BCUT2D eigenvalue weighted by Gasteiger charge is 2.22. The van der Waals surface area contributed by atoms with E-state index in [0.29, 0.717) is 0 Å². The molecule has 0 aliphatic heterocycles. The number of nitrogens with zero attached hydrogens (tertiary/aromatic N) is 2. The minimum atomic E-state index is -3.86. The van der Waals surface area contributed by atoms with E-state index in [1.165, 1.54) is 29.5 Å². The second-order valence-electron chi connectivity index (χ2n) is 4.18. The molecule has 2 aromatic heterocycles. The van der Waals surface area contributed by atoms with Crippen LogP contribution in [0.15, 0.2) is 51.2 Å². The molecular formula is C13H9FN2O3S2. The van der Waals surface area contributed by atoms with Crippen molar-refractivity contribution in [2.45, 2.75) is 10.6 Å². The molecule has 0 unspecified atom stereocenters. The number of halogens is 1. The molecule has 0 atom stereocenters. The summed E-state index contributed by atoms with van der Waals surface area (Å²) >= 11 is 1.40. The fourth-order valence-corrected chi connectivity index (χ4v) is 3.67. The Hall–Kier alpha value is -2.06. The van der Waals surface area contributed by atoms with Gasteiger partial charge < -0.3 is 4.52 Å². The van der Waals surface area contributed by atoms with Crippen molar-refractivity contribution >= 4 is 21.2 Å². The van der Waals surface area contributed by atoms with Gasteiger partial charge in [-0.25, -0.2) is 12.8 Å². The van der Waals surface area contributed by atoms with Crippen molar-refractivity contribution < 1.29 is 17.3 Å². The van der Waals surface area contributed by atoms with Crippen molar-refractivity contribution in [1.29, 1.82) is 0 Å². The predicted molar refractivity (Wildman–Crippen MR) is 74.9 cm³/mol. The summed E-state index contributed by atoms with van der Waals surface area (Å²) in [6, 6.07) is 8.80. The van der Waals surface area contributed by atoms with E-state index in [0.717, 1.165) is 10.9 Å². The Labute approximate surface area is 124 Å². The van der Waals surface area contributed by atoms with Crippen LogP contribution in [0.5, 0.6) is 0 Å². The highest BCUT2D eigenvalue weighted by Crippen LogP contribution is 2.24. The van der Waals surface area contributed by atoms with E-state index in [2.05, 4.69) is 10.1 Å². The molecule has 0 N–H and O–H groups in total. The molecule has 21 heavy (non-hydrogen) atoms. The lowest BCUT2D eigenvalue weighted by Gasteiger charge is -2.02. The zero-order valence-electron chi connectivity index (χ0n) is 10.6. The number of thiophene rings is 1. The standard InChI is InChI=1S/C13H9FN2O3S2/c14-9-4-1-2-6-11(9)21(17,18)8-12-15-13(19-16-12)10-5-3-7-20-10/h1-7H,8H2. The molecule has 0 aliphatic carbocycles. The van der Waals surface area contributed by atoms with E-state index >= 15 is 0 Å². The second-order valence-corrected chi connectivity index (χ2v) is 7.09. The Kier molecular flexibility index (Phi) is 3.56. The van der Waals surface area contributed by atoms with Crippen molar-refractivity contribution in [3.05, 3.63) is 53.4 Å². The van der Waals surface area contributed by atoms with E-state index in [9.17, 15) is 12.8 Å². The largest absolute Gasteiger partial charge is 0.333 e. The first-order valence-electron chi connectivity index (χ1n) is 5.90. The fourth-order valence-electron chi connectivity index (χ4n) is 1.76. The number of sulfone groups is 1. The van der Waals surface area contributed by atoms with Crippen LogP contribution in [0.3, 0.4) is 0 Å². The lowest BCUT2D eigenvalue weighted by molar-refractivity contribution is 0.425. The van der Waals surface area contributed by atoms with Gasteiger partial charge in [-0.2, -0.15) is 4.98 Å². The second kappa shape index (κ2) is 5.38. The summed E-state index contributed by atoms with van der Waals surface area (Å²) in [4.78, 5) is 4.40. The molecule has 0 bridgehead atoms. The summed E-state index contributed by atoms with van der Waals surface area (Å²) < 4.78 is 42.9. The number of hydrogen-bond donors (Lipinski definition) is 0. The van der Waals surface area contributed by atoms with Crippen LogP contribution < -0.4 is 0 Å². The first-order chi connectivity index (χ1) is 10.1. The minimum absolute atomic E-state index is 0.00153. The Morgan fingerprint density at radius 2 is 2.00 bits per heavy atom. The molecule has 0 radical (unpaired) electrons. The molecule has 1 aromatic carbocycles. The molecule has 3 aromatic rings. The zero-order valence-corrected chi connectivity index (χ0v) is 12.2. The molecule has 0 saturated heterocycles. The van der Waals surface area contributed by atoms with Gasteiger partial charge in [0.25, 0.3) is 5.89 Å². The van der Waals surface area contributed by atoms with Crippen molar-refractivity contribution in [2.75, 3.05) is 0 Å². The maximum absolute atomic E-state index is 13.6. The monoisotopic (exact) mass is 324 g/mol. The van der Waals surface area contributed by atoms with Crippen LogP contribution in [0.1, 0.15) is 5.82 Å². The Morgan fingerprint density at radius 3 is 2.71 bits per heavy atom. The van der Waals surface area contributed by atoms with Crippen LogP contribution in [-0.2, 0) is 15.6 Å². The van der Waals surface area contributed by atoms with E-state index in [-0.39, 0.29) is 16.6 Å². The molecule has 0 spiro atoms. The van der Waals surface area contributed by atoms with Gasteiger partial charge in [0.15, 0.2) is 15.7 Å². The number of benzene rings is 1. The third-order valence-electron chi connectivity index (χ3n) is 2.69. The van der Waals surface area contributed by atoms with Gasteiger partial charge in [0.1, 0.15) is 16.5 Å². The maximum atomic E-state index is 13.6. The highest BCUT2D eigenvalue weighted by molar-refractivity contribution is 7.90. The Morgan fingerprint density at radius 1 is 1.19 bits per heavy atom. The Bertz CT molecular complexity index is 857. The quantitative estimate of drug-likeness (QED) is 0.738. The molecule has 8 heteroatoms. The predicted octanol–water partition coefficient (Wildman–Crippen LogP) is 2.91. The first-order valence-corrected chi connectivity index (χ1v) is 8.43. The molecule has 0 fully saturated rings. The van der Waals surface area contributed by atoms with E-state index in [1.54, 1.807) is 6.07 Å². The summed E-state index contributed by atoms with van der Waals surface area (Å²) in [7, 11) is -3.86. The zero-order chi connectivity index (χ0) is 14.9. The molecule has 5 nitrogen and oxygen atoms in total. The highest BCUT2D eigenvalue weighted by atomic mass is 32.2. The Balaban J connectivity index is 1.88. The van der Waals surface area contributed by atoms with Gasteiger partial charge in [-0.15, -0.1) is 11.3 Å². The average Bonchev–Trinajstić information content (AvgIpc) is 3.09. The molecule has 3 rings (SSSR count). The molecule has 2 heterocycles. The fraction of sp³-hybridized carbons (Fsp3) is 0.0769. The SMILES string of the molecule is O=S(=O)(Cc1noc(-c2cccs2)n1)c1ccccc1F. The van der Waals surface area contributed by atoms with E-state index in [4.69, 9.17) is 4.52 Å². The van der Waals surface area contributed by atoms with Crippen molar-refractivity contribution in [3.63, 3.8) is 0 Å². The molecular weight excluding hydrogens is 315 g/mol. The van der Waals surface area contributed by atoms with Gasteiger partial charge in [0, 0.05) is 0 Å². The van der Waals surface area contributed by atoms with Gasteiger partial charge in [-0.3, -0.25) is 0 Å². The molecule has 108 valence electrons. The van der Waals surface area contributed by atoms with Gasteiger partial charge in [0.05, 0.1) is 4.88 Å². The van der Waals surface area contributed by atoms with E-state index < -0.39 is 21.4 Å². The minimum Gasteiger partial charge on any atom is -0.333 e. The summed E-state index contributed by atoms with van der Waals surface area (Å²) in [6.07, 6.45) is 0. The van der Waals surface area contributed by atoms with Gasteiger partial charge in [-0.1, -0.05) is 23.4 Å². The third-order valence-corrected chi connectivity index (χ3v) is 5.19. The van der Waals surface area contributed by atoms with Crippen molar-refractivity contribution in [1.82, 2.24) is 10.1 Å². The summed E-state index contributed by atoms with van der Waals surface area (Å²) in [5.41, 5.74) is 0. The van der Waals surface area contributed by atoms with Crippen LogP contribution in [0.2, 0.25) is 0 Å². The topological polar surface area (TPSA) is 73.1 Å². The molecule has 0 amide bonds. The van der Waals surface area contributed by atoms with Crippen molar-refractivity contribution in [2.24, 2.45) is 0 Å². The number of hydrogen-bond acceptors (Lipinski definition) is 6. The third kappa shape index (κ3) is 2.86.